The van der Waals surface area contributed by atoms with E-state index in [4.69, 9.17) is 15.2 Å². The highest BCUT2D eigenvalue weighted by molar-refractivity contribution is 7.09. The van der Waals surface area contributed by atoms with Gasteiger partial charge in [0.15, 0.2) is 11.5 Å². The van der Waals surface area contributed by atoms with E-state index in [1.54, 1.807) is 17.4 Å². The lowest BCUT2D eigenvalue weighted by atomic mass is 10.2. The molecule has 1 aromatic heterocycles. The number of benzene rings is 1. The maximum absolute atomic E-state index is 6.01. The molecule has 2 heterocycles. The Labute approximate surface area is 115 Å². The third kappa shape index (κ3) is 2.44. The van der Waals surface area contributed by atoms with Gasteiger partial charge in [-0.05, 0) is 6.92 Å². The van der Waals surface area contributed by atoms with Crippen LogP contribution >= 0.6 is 11.3 Å². The Hall–Kier alpha value is -1.95. The number of nitrogens with two attached hydrogens (primary N) is 1. The van der Waals surface area contributed by atoms with Gasteiger partial charge in [0.2, 0.25) is 0 Å². The van der Waals surface area contributed by atoms with Crippen LogP contribution in [0.3, 0.4) is 0 Å². The minimum absolute atomic E-state index is 0.569. The van der Waals surface area contributed by atoms with Crippen molar-refractivity contribution in [2.24, 2.45) is 0 Å². The van der Waals surface area contributed by atoms with Gasteiger partial charge < -0.3 is 20.5 Å². The van der Waals surface area contributed by atoms with E-state index < -0.39 is 0 Å². The Bertz CT molecular complexity index is 598. The Kier molecular flexibility index (Phi) is 3.16. The molecule has 1 aliphatic rings. The first-order valence-electron chi connectivity index (χ1n) is 6.06. The number of nitrogens with one attached hydrogen (secondary N) is 1. The number of fused-ring (bicyclic) bond motifs is 1. The second-order valence-electron chi connectivity index (χ2n) is 4.30. The van der Waals surface area contributed by atoms with Crippen LogP contribution < -0.4 is 20.5 Å². The molecule has 0 bridgehead atoms. The van der Waals surface area contributed by atoms with Crippen molar-refractivity contribution >= 4 is 22.7 Å². The molecule has 0 spiro atoms. The second kappa shape index (κ2) is 4.97. The molecule has 0 saturated heterocycles. The molecule has 0 saturated carbocycles. The summed E-state index contributed by atoms with van der Waals surface area (Å²) in [6.45, 7) is 3.85. The van der Waals surface area contributed by atoms with Crippen molar-refractivity contribution in [3.63, 3.8) is 0 Å². The molecular formula is C13H15N3O2S. The molecule has 3 N–H and O–H groups in total. The lowest BCUT2D eigenvalue weighted by Crippen LogP contribution is -2.16. The van der Waals surface area contributed by atoms with Crippen molar-refractivity contribution in [3.8, 4) is 11.5 Å². The molecule has 100 valence electrons. The van der Waals surface area contributed by atoms with Gasteiger partial charge in [0, 0.05) is 17.0 Å². The van der Waals surface area contributed by atoms with Crippen LogP contribution in [0.4, 0.5) is 11.4 Å². The van der Waals surface area contributed by atoms with Crippen LogP contribution in [0, 0.1) is 6.92 Å². The number of aryl methyl sites for hydroxylation is 1. The first kappa shape index (κ1) is 12.1. The maximum atomic E-state index is 6.01. The predicted molar refractivity (Wildman–Crippen MR) is 76.0 cm³/mol. The summed E-state index contributed by atoms with van der Waals surface area (Å²) in [7, 11) is 0. The monoisotopic (exact) mass is 277 g/mol. The van der Waals surface area contributed by atoms with Crippen LogP contribution in [0.1, 0.15) is 10.6 Å². The molecule has 0 atom stereocenters. The van der Waals surface area contributed by atoms with Gasteiger partial charge in [-0.1, -0.05) is 0 Å². The Morgan fingerprint density at radius 3 is 2.74 bits per heavy atom. The summed E-state index contributed by atoms with van der Waals surface area (Å²) in [5.41, 5.74) is 10.4. The van der Waals surface area contributed by atoms with E-state index in [0.29, 0.717) is 31.2 Å². The zero-order chi connectivity index (χ0) is 13.2. The Morgan fingerprint density at radius 1 is 1.32 bits per heavy atom. The summed E-state index contributed by atoms with van der Waals surface area (Å²) in [5.74, 6) is 1.45. The first-order valence-corrected chi connectivity index (χ1v) is 6.94. The summed E-state index contributed by atoms with van der Waals surface area (Å²) in [6.07, 6.45) is 0. The number of aromatic nitrogens is 1. The van der Waals surface area contributed by atoms with Crippen LogP contribution in [0.5, 0.6) is 11.5 Å². The third-order valence-corrected chi connectivity index (χ3v) is 3.93. The molecule has 2 aromatic rings. The minimum atomic E-state index is 0.569. The number of hydrogen-bond acceptors (Lipinski definition) is 6. The zero-order valence-corrected chi connectivity index (χ0v) is 11.4. The van der Waals surface area contributed by atoms with Gasteiger partial charge in [-0.15, -0.1) is 11.3 Å². The standard InChI is InChI=1S/C13H15N3O2S/c1-8-13(19-7-16-8)6-15-10-5-12-11(4-9(10)14)17-2-3-18-12/h4-5,7,15H,2-3,6,14H2,1H3. The van der Waals surface area contributed by atoms with Crippen LogP contribution in [0.2, 0.25) is 0 Å². The molecular weight excluding hydrogens is 262 g/mol. The topological polar surface area (TPSA) is 69.4 Å². The smallest absolute Gasteiger partial charge is 0.163 e. The van der Waals surface area contributed by atoms with E-state index in [9.17, 15) is 0 Å². The first-order chi connectivity index (χ1) is 9.24. The van der Waals surface area contributed by atoms with E-state index >= 15 is 0 Å². The summed E-state index contributed by atoms with van der Waals surface area (Å²) < 4.78 is 11.0. The molecule has 0 fully saturated rings. The highest BCUT2D eigenvalue weighted by Crippen LogP contribution is 2.37. The van der Waals surface area contributed by atoms with Crippen molar-refractivity contribution in [1.29, 1.82) is 0 Å². The summed E-state index contributed by atoms with van der Waals surface area (Å²) >= 11 is 1.63. The lowest BCUT2D eigenvalue weighted by Gasteiger charge is -2.20. The summed E-state index contributed by atoms with van der Waals surface area (Å²) in [5, 5.41) is 3.32. The van der Waals surface area contributed by atoms with Crippen molar-refractivity contribution < 1.29 is 9.47 Å². The molecule has 6 heteroatoms. The van der Waals surface area contributed by atoms with Crippen LogP contribution in [-0.2, 0) is 6.54 Å². The van der Waals surface area contributed by atoms with Gasteiger partial charge in [-0.2, -0.15) is 0 Å². The van der Waals surface area contributed by atoms with E-state index in [2.05, 4.69) is 10.3 Å². The van der Waals surface area contributed by atoms with Gasteiger partial charge in [0.25, 0.3) is 0 Å². The van der Waals surface area contributed by atoms with Gasteiger partial charge in [0.1, 0.15) is 13.2 Å². The maximum Gasteiger partial charge on any atom is 0.163 e. The average molecular weight is 277 g/mol. The lowest BCUT2D eigenvalue weighted by molar-refractivity contribution is 0.172. The second-order valence-corrected chi connectivity index (χ2v) is 5.24. The summed E-state index contributed by atoms with van der Waals surface area (Å²) in [6, 6.07) is 3.69. The zero-order valence-electron chi connectivity index (χ0n) is 10.6. The number of rotatable bonds is 3. The quantitative estimate of drug-likeness (QED) is 0.843. The number of thiazole rings is 1. The highest BCUT2D eigenvalue weighted by atomic mass is 32.1. The van der Waals surface area contributed by atoms with E-state index in [0.717, 1.165) is 17.1 Å². The van der Waals surface area contributed by atoms with Crippen molar-refractivity contribution in [3.05, 3.63) is 28.2 Å². The molecule has 0 aliphatic carbocycles. The fourth-order valence-electron chi connectivity index (χ4n) is 1.93. The van der Waals surface area contributed by atoms with Crippen molar-refractivity contribution in [1.82, 2.24) is 4.98 Å². The predicted octanol–water partition coefficient (Wildman–Crippen LogP) is 2.42. The Morgan fingerprint density at radius 2 is 2.05 bits per heavy atom. The number of ether oxygens (including phenoxy) is 2. The number of nitrogen functional groups attached to an aromatic ring is 1. The molecule has 1 aromatic carbocycles. The Balaban J connectivity index is 1.79. The van der Waals surface area contributed by atoms with Gasteiger partial charge in [-0.3, -0.25) is 0 Å². The fourth-order valence-corrected chi connectivity index (χ4v) is 2.65. The van der Waals surface area contributed by atoms with Crippen LogP contribution in [-0.4, -0.2) is 18.2 Å². The van der Waals surface area contributed by atoms with Crippen molar-refractivity contribution in [2.45, 2.75) is 13.5 Å². The molecule has 0 unspecified atom stereocenters. The van der Waals surface area contributed by atoms with E-state index in [1.807, 2.05) is 18.5 Å². The fraction of sp³-hybridized carbons (Fsp3) is 0.308. The molecule has 0 amide bonds. The van der Waals surface area contributed by atoms with E-state index in [1.165, 1.54) is 4.88 Å². The molecule has 19 heavy (non-hydrogen) atoms. The number of nitrogens with zero attached hydrogens (tertiary/aromatic N) is 1. The number of hydrogen-bond donors (Lipinski definition) is 2. The van der Waals surface area contributed by atoms with Crippen LogP contribution in [0.25, 0.3) is 0 Å². The van der Waals surface area contributed by atoms with Gasteiger partial charge in [-0.25, -0.2) is 4.98 Å². The van der Waals surface area contributed by atoms with Gasteiger partial charge in [0.05, 0.1) is 29.1 Å². The average Bonchev–Trinajstić information content (AvgIpc) is 2.82. The normalized spacial score (nSPS) is 13.3. The molecule has 1 aliphatic heterocycles. The largest absolute Gasteiger partial charge is 0.486 e. The van der Waals surface area contributed by atoms with Gasteiger partial charge >= 0.3 is 0 Å². The minimum Gasteiger partial charge on any atom is -0.486 e. The van der Waals surface area contributed by atoms with E-state index in [-0.39, 0.29) is 0 Å². The number of anilines is 2. The third-order valence-electron chi connectivity index (χ3n) is 3.00. The molecule has 5 nitrogen and oxygen atoms in total. The van der Waals surface area contributed by atoms with Crippen LogP contribution in [0.15, 0.2) is 17.6 Å². The molecule has 0 radical (unpaired) electrons. The SMILES string of the molecule is Cc1ncsc1CNc1cc2c(cc1N)OCCO2. The van der Waals surface area contributed by atoms with Crippen molar-refractivity contribution in [2.75, 3.05) is 24.3 Å². The highest BCUT2D eigenvalue weighted by Gasteiger charge is 2.14. The molecule has 3 rings (SSSR count). The summed E-state index contributed by atoms with van der Waals surface area (Å²) in [4.78, 5) is 5.43.